The second kappa shape index (κ2) is 5.47. The Morgan fingerprint density at radius 2 is 1.75 bits per heavy atom. The molecule has 0 bridgehead atoms. The zero-order valence-corrected chi connectivity index (χ0v) is 16.3. The molecule has 0 radical (unpaired) electrons. The number of allylic oxidation sites excluding steroid dienone is 3. The maximum atomic E-state index is 10.7. The van der Waals surface area contributed by atoms with Gasteiger partial charge in [-0.1, -0.05) is 45.4 Å². The Balaban J connectivity index is 1.73. The van der Waals surface area contributed by atoms with E-state index in [2.05, 4.69) is 46.8 Å². The van der Waals surface area contributed by atoms with Gasteiger partial charge in [0.1, 0.15) is 0 Å². The van der Waals surface area contributed by atoms with Gasteiger partial charge in [-0.2, -0.15) is 0 Å². The fraction of sp³-hybridized carbons (Fsp3) is 0.826. The molecule has 134 valence electrons. The Bertz CT molecular complexity index is 587. The van der Waals surface area contributed by atoms with E-state index in [0.29, 0.717) is 11.3 Å². The second-order valence-corrected chi connectivity index (χ2v) is 10.0. The zero-order valence-electron chi connectivity index (χ0n) is 16.3. The van der Waals surface area contributed by atoms with E-state index >= 15 is 0 Å². The number of hydrogen-bond donors (Lipinski definition) is 1. The summed E-state index contributed by atoms with van der Waals surface area (Å²) >= 11 is 0. The first-order valence-corrected chi connectivity index (χ1v) is 10.4. The van der Waals surface area contributed by atoms with E-state index in [-0.39, 0.29) is 11.5 Å². The molecule has 0 saturated heterocycles. The van der Waals surface area contributed by atoms with Crippen molar-refractivity contribution in [3.63, 3.8) is 0 Å². The van der Waals surface area contributed by atoms with Crippen LogP contribution in [-0.4, -0.2) is 11.2 Å². The maximum absolute atomic E-state index is 10.7. The van der Waals surface area contributed by atoms with E-state index in [1.807, 2.05) is 0 Å². The summed E-state index contributed by atoms with van der Waals surface area (Å²) in [6, 6.07) is 0. The summed E-state index contributed by atoms with van der Waals surface area (Å²) in [5.41, 5.74) is 3.83. The predicted octanol–water partition coefficient (Wildman–Crippen LogP) is 5.75. The molecule has 3 fully saturated rings. The Morgan fingerprint density at radius 3 is 2.46 bits per heavy atom. The molecular formula is C23H36O. The topological polar surface area (TPSA) is 20.2 Å². The van der Waals surface area contributed by atoms with Gasteiger partial charge in [-0.25, -0.2) is 0 Å². The Kier molecular flexibility index (Phi) is 3.85. The van der Waals surface area contributed by atoms with Gasteiger partial charge in [0.25, 0.3) is 0 Å². The molecule has 4 aliphatic rings. The largest absolute Gasteiger partial charge is 0.389 e. The maximum Gasteiger partial charge on any atom is 0.0758 e. The molecule has 5 unspecified atom stereocenters. The summed E-state index contributed by atoms with van der Waals surface area (Å²) in [6.07, 6.45) is 12.4. The Morgan fingerprint density at radius 1 is 1.04 bits per heavy atom. The Labute approximate surface area is 148 Å². The average molecular weight is 329 g/mol. The molecule has 1 nitrogen and oxygen atoms in total. The van der Waals surface area contributed by atoms with Gasteiger partial charge in [-0.3, -0.25) is 0 Å². The minimum atomic E-state index is -0.185. The lowest BCUT2D eigenvalue weighted by Gasteiger charge is -2.59. The summed E-state index contributed by atoms with van der Waals surface area (Å²) < 4.78 is 0. The molecule has 0 heterocycles. The lowest BCUT2D eigenvalue weighted by molar-refractivity contribution is -0.0411. The molecule has 8 atom stereocenters. The smallest absolute Gasteiger partial charge is 0.0758 e. The highest BCUT2D eigenvalue weighted by atomic mass is 16.3. The number of hydrogen-bond acceptors (Lipinski definition) is 1. The SMILES string of the molecule is C/C=C1/C(O)CC2C3C[C@H](C)C4=CC(C)CC[C@]4(C)C3CC[C@]12C. The van der Waals surface area contributed by atoms with Crippen LogP contribution in [0.1, 0.15) is 73.1 Å². The third-order valence-electron chi connectivity index (χ3n) is 8.85. The first-order valence-electron chi connectivity index (χ1n) is 10.4. The zero-order chi connectivity index (χ0) is 17.3. The molecule has 4 aliphatic carbocycles. The van der Waals surface area contributed by atoms with E-state index in [0.717, 1.165) is 30.1 Å². The van der Waals surface area contributed by atoms with Crippen LogP contribution in [0.4, 0.5) is 0 Å². The van der Waals surface area contributed by atoms with Crippen molar-refractivity contribution < 1.29 is 5.11 Å². The van der Waals surface area contributed by atoms with Gasteiger partial charge in [0.15, 0.2) is 0 Å². The standard InChI is InChI=1S/C23H36O/c1-6-17-21(24)13-20-16-12-15(3)19-11-14(2)7-9-23(19,5)18(16)8-10-22(17,20)4/h6,11,14-16,18,20-21,24H,7-10,12-13H2,1-5H3/b17-6-/t14?,15-,16?,18?,20?,21?,22+,23+/m0/s1. The van der Waals surface area contributed by atoms with Crippen LogP contribution in [0.25, 0.3) is 0 Å². The van der Waals surface area contributed by atoms with Crippen molar-refractivity contribution in [2.75, 3.05) is 0 Å². The van der Waals surface area contributed by atoms with Crippen LogP contribution < -0.4 is 0 Å². The first kappa shape index (κ1) is 16.9. The average Bonchev–Trinajstić information content (AvgIpc) is 2.79. The first-order chi connectivity index (χ1) is 11.3. The normalized spacial score (nSPS) is 55.6. The van der Waals surface area contributed by atoms with Gasteiger partial charge in [0, 0.05) is 0 Å². The van der Waals surface area contributed by atoms with Crippen molar-refractivity contribution in [1.82, 2.24) is 0 Å². The molecule has 24 heavy (non-hydrogen) atoms. The molecule has 0 aliphatic heterocycles. The van der Waals surface area contributed by atoms with Gasteiger partial charge < -0.3 is 5.11 Å². The van der Waals surface area contributed by atoms with E-state index in [1.165, 1.54) is 37.7 Å². The molecule has 1 N–H and O–H groups in total. The van der Waals surface area contributed by atoms with Crippen molar-refractivity contribution >= 4 is 0 Å². The second-order valence-electron chi connectivity index (χ2n) is 10.0. The number of aliphatic hydroxyl groups is 1. The molecule has 0 aromatic heterocycles. The third-order valence-corrected chi connectivity index (χ3v) is 8.85. The van der Waals surface area contributed by atoms with Crippen molar-refractivity contribution in [2.24, 2.45) is 40.4 Å². The molecule has 1 heteroatoms. The fourth-order valence-electron chi connectivity index (χ4n) is 7.70. The molecule has 3 saturated carbocycles. The van der Waals surface area contributed by atoms with Crippen LogP contribution in [-0.2, 0) is 0 Å². The molecule has 0 aromatic carbocycles. The lowest BCUT2D eigenvalue weighted by Crippen LogP contribution is -2.51. The molecule has 0 spiro atoms. The summed E-state index contributed by atoms with van der Waals surface area (Å²) in [5, 5.41) is 10.7. The molecule has 4 rings (SSSR count). The van der Waals surface area contributed by atoms with Gasteiger partial charge in [-0.15, -0.1) is 0 Å². The van der Waals surface area contributed by atoms with E-state index in [4.69, 9.17) is 0 Å². The summed E-state index contributed by atoms with van der Waals surface area (Å²) in [5.74, 6) is 3.84. The van der Waals surface area contributed by atoms with Crippen LogP contribution in [0.5, 0.6) is 0 Å². The predicted molar refractivity (Wildman–Crippen MR) is 101 cm³/mol. The minimum Gasteiger partial charge on any atom is -0.389 e. The van der Waals surface area contributed by atoms with Crippen LogP contribution in [0.15, 0.2) is 23.3 Å². The van der Waals surface area contributed by atoms with Gasteiger partial charge in [0.2, 0.25) is 0 Å². The van der Waals surface area contributed by atoms with E-state index in [1.54, 1.807) is 5.57 Å². The van der Waals surface area contributed by atoms with Crippen LogP contribution >= 0.6 is 0 Å². The van der Waals surface area contributed by atoms with Crippen molar-refractivity contribution in [1.29, 1.82) is 0 Å². The highest BCUT2D eigenvalue weighted by Gasteiger charge is 2.60. The summed E-state index contributed by atoms with van der Waals surface area (Å²) in [6.45, 7) is 12.1. The van der Waals surface area contributed by atoms with Crippen LogP contribution in [0.3, 0.4) is 0 Å². The fourth-order valence-corrected chi connectivity index (χ4v) is 7.70. The van der Waals surface area contributed by atoms with Crippen molar-refractivity contribution in [2.45, 2.75) is 79.2 Å². The highest BCUT2D eigenvalue weighted by molar-refractivity contribution is 5.31. The molecule has 0 aromatic rings. The van der Waals surface area contributed by atoms with E-state index in [9.17, 15) is 5.11 Å². The monoisotopic (exact) mass is 328 g/mol. The number of aliphatic hydroxyl groups excluding tert-OH is 1. The number of rotatable bonds is 0. The van der Waals surface area contributed by atoms with Crippen LogP contribution in [0.2, 0.25) is 0 Å². The number of fused-ring (bicyclic) bond motifs is 5. The summed E-state index contributed by atoms with van der Waals surface area (Å²) in [4.78, 5) is 0. The van der Waals surface area contributed by atoms with Gasteiger partial charge >= 0.3 is 0 Å². The quantitative estimate of drug-likeness (QED) is 0.561. The van der Waals surface area contributed by atoms with Gasteiger partial charge in [-0.05, 0) is 91.4 Å². The lowest BCUT2D eigenvalue weighted by atomic mass is 9.45. The Hall–Kier alpha value is -0.560. The molecule has 0 amide bonds. The van der Waals surface area contributed by atoms with Gasteiger partial charge in [0.05, 0.1) is 6.10 Å². The van der Waals surface area contributed by atoms with Crippen molar-refractivity contribution in [3.05, 3.63) is 23.3 Å². The third kappa shape index (κ3) is 2.09. The summed E-state index contributed by atoms with van der Waals surface area (Å²) in [7, 11) is 0. The van der Waals surface area contributed by atoms with Crippen LogP contribution in [0, 0.1) is 40.4 Å². The minimum absolute atomic E-state index is 0.185. The van der Waals surface area contributed by atoms with E-state index < -0.39 is 0 Å². The van der Waals surface area contributed by atoms with Crippen molar-refractivity contribution in [3.8, 4) is 0 Å². The molecular weight excluding hydrogens is 292 g/mol. The highest BCUT2D eigenvalue weighted by Crippen LogP contribution is 2.67.